The quantitative estimate of drug-likeness (QED) is 0.592. The lowest BCUT2D eigenvalue weighted by Gasteiger charge is -2.34. The molecule has 0 aliphatic carbocycles. The van der Waals surface area contributed by atoms with E-state index in [1.54, 1.807) is 6.07 Å². The Kier molecular flexibility index (Phi) is 3.74. The van der Waals surface area contributed by atoms with Crippen LogP contribution in [0, 0.1) is 0 Å². The molecule has 0 unspecified atom stereocenters. The summed E-state index contributed by atoms with van der Waals surface area (Å²) in [7, 11) is -3.47. The summed E-state index contributed by atoms with van der Waals surface area (Å²) in [4.78, 5) is 9.76. The van der Waals surface area contributed by atoms with Gasteiger partial charge in [0.25, 0.3) is 0 Å². The van der Waals surface area contributed by atoms with E-state index in [9.17, 15) is 8.42 Å². The number of rotatable bonds is 2. The summed E-state index contributed by atoms with van der Waals surface area (Å²) in [6.07, 6.45) is 1.06. The average Bonchev–Trinajstić information content (AvgIpc) is 2.27. The van der Waals surface area contributed by atoms with E-state index < -0.39 is 9.84 Å². The first-order chi connectivity index (χ1) is 8.38. The molecule has 2 rings (SSSR count). The fourth-order valence-electron chi connectivity index (χ4n) is 1.77. The standard InChI is InChI=1S/C10H14ClN3O3S/c1-7-6-17-4-3-14(7)9-5-8(11)12-10(13-9)18(2,15)16/h5,7H,3-4,6H2,1-2H3/t7-/m0/s1. The van der Waals surface area contributed by atoms with Gasteiger partial charge in [0.1, 0.15) is 11.0 Å². The Bertz CT molecular complexity index is 549. The Hall–Kier alpha value is -0.920. The van der Waals surface area contributed by atoms with Crippen LogP contribution in [0.25, 0.3) is 0 Å². The van der Waals surface area contributed by atoms with E-state index in [0.717, 1.165) is 6.26 Å². The minimum absolute atomic E-state index is 0.122. The van der Waals surface area contributed by atoms with E-state index >= 15 is 0 Å². The molecule has 2 heterocycles. The summed E-state index contributed by atoms with van der Waals surface area (Å²) < 4.78 is 28.3. The fraction of sp³-hybridized carbons (Fsp3) is 0.600. The smallest absolute Gasteiger partial charge is 0.250 e. The maximum Gasteiger partial charge on any atom is 0.250 e. The summed E-state index contributed by atoms with van der Waals surface area (Å²) in [6, 6.07) is 1.69. The van der Waals surface area contributed by atoms with Gasteiger partial charge in [-0.25, -0.2) is 18.4 Å². The minimum Gasteiger partial charge on any atom is -0.377 e. The van der Waals surface area contributed by atoms with E-state index in [4.69, 9.17) is 16.3 Å². The summed E-state index contributed by atoms with van der Waals surface area (Å²) in [6.45, 7) is 3.79. The van der Waals surface area contributed by atoms with Crippen LogP contribution >= 0.6 is 11.6 Å². The van der Waals surface area contributed by atoms with Gasteiger partial charge in [0.05, 0.1) is 19.3 Å². The van der Waals surface area contributed by atoms with Crippen LogP contribution < -0.4 is 4.90 Å². The number of halogens is 1. The van der Waals surface area contributed by atoms with Gasteiger partial charge in [0.2, 0.25) is 15.0 Å². The van der Waals surface area contributed by atoms with Crippen LogP contribution in [0.1, 0.15) is 6.92 Å². The van der Waals surface area contributed by atoms with Crippen LogP contribution in [-0.4, -0.2) is 50.4 Å². The van der Waals surface area contributed by atoms with Crippen LogP contribution in [0.3, 0.4) is 0 Å². The lowest BCUT2D eigenvalue weighted by atomic mass is 10.2. The molecular weight excluding hydrogens is 278 g/mol. The van der Waals surface area contributed by atoms with Crippen LogP contribution in [0.4, 0.5) is 5.82 Å². The normalized spacial score (nSPS) is 21.1. The van der Waals surface area contributed by atoms with Crippen molar-refractivity contribution in [3.05, 3.63) is 11.2 Å². The molecular formula is C10H14ClN3O3S. The first kappa shape index (κ1) is 13.5. The van der Waals surface area contributed by atoms with Crippen LogP contribution in [0.15, 0.2) is 11.2 Å². The zero-order chi connectivity index (χ0) is 13.3. The van der Waals surface area contributed by atoms with Crippen molar-refractivity contribution in [2.45, 2.75) is 18.1 Å². The van der Waals surface area contributed by atoms with Gasteiger partial charge in [0, 0.05) is 18.9 Å². The Morgan fingerprint density at radius 1 is 1.50 bits per heavy atom. The van der Waals surface area contributed by atoms with Crippen molar-refractivity contribution in [2.75, 3.05) is 30.9 Å². The first-order valence-electron chi connectivity index (χ1n) is 5.47. The molecule has 1 aliphatic heterocycles. The Balaban J connectivity index is 2.42. The molecule has 0 N–H and O–H groups in total. The highest BCUT2D eigenvalue weighted by atomic mass is 35.5. The van der Waals surface area contributed by atoms with Crippen LogP contribution in [0.5, 0.6) is 0 Å². The Morgan fingerprint density at radius 3 is 2.83 bits per heavy atom. The average molecular weight is 292 g/mol. The molecule has 0 bridgehead atoms. The van der Waals surface area contributed by atoms with Crippen LogP contribution in [-0.2, 0) is 14.6 Å². The number of sulfone groups is 1. The van der Waals surface area contributed by atoms with Crippen molar-refractivity contribution in [1.82, 2.24) is 9.97 Å². The molecule has 1 atom stereocenters. The third-order valence-electron chi connectivity index (χ3n) is 2.65. The molecule has 0 radical (unpaired) electrons. The molecule has 1 aromatic heterocycles. The van der Waals surface area contributed by atoms with Gasteiger partial charge < -0.3 is 9.64 Å². The molecule has 8 heteroatoms. The lowest BCUT2D eigenvalue weighted by Crippen LogP contribution is -2.44. The van der Waals surface area contributed by atoms with Gasteiger partial charge >= 0.3 is 0 Å². The van der Waals surface area contributed by atoms with E-state index in [1.165, 1.54) is 0 Å². The molecule has 0 aromatic carbocycles. The second-order valence-electron chi connectivity index (χ2n) is 4.22. The number of hydrogen-bond acceptors (Lipinski definition) is 6. The molecule has 0 spiro atoms. The molecule has 1 aliphatic rings. The minimum atomic E-state index is -3.47. The monoisotopic (exact) mass is 291 g/mol. The third-order valence-corrected chi connectivity index (χ3v) is 3.69. The summed E-state index contributed by atoms with van der Waals surface area (Å²) >= 11 is 5.85. The molecule has 1 saturated heterocycles. The van der Waals surface area contributed by atoms with Gasteiger partial charge in [0.15, 0.2) is 0 Å². The Labute approximate surface area is 111 Å². The molecule has 18 heavy (non-hydrogen) atoms. The first-order valence-corrected chi connectivity index (χ1v) is 7.74. The van der Waals surface area contributed by atoms with Gasteiger partial charge in [-0.1, -0.05) is 11.6 Å². The van der Waals surface area contributed by atoms with Crippen molar-refractivity contribution in [1.29, 1.82) is 0 Å². The van der Waals surface area contributed by atoms with Crippen LogP contribution in [0.2, 0.25) is 5.15 Å². The topological polar surface area (TPSA) is 72.4 Å². The zero-order valence-electron chi connectivity index (χ0n) is 10.1. The number of ether oxygens (including phenoxy) is 1. The third kappa shape index (κ3) is 2.90. The molecule has 1 aromatic rings. The van der Waals surface area contributed by atoms with E-state index in [1.807, 2.05) is 11.8 Å². The maximum absolute atomic E-state index is 11.5. The van der Waals surface area contributed by atoms with Crippen molar-refractivity contribution in [3.8, 4) is 0 Å². The molecule has 0 saturated carbocycles. The number of hydrogen-bond donors (Lipinski definition) is 0. The van der Waals surface area contributed by atoms with Gasteiger partial charge in [-0.05, 0) is 6.92 Å². The van der Waals surface area contributed by atoms with Gasteiger partial charge in [-0.2, -0.15) is 0 Å². The number of aromatic nitrogens is 2. The zero-order valence-corrected chi connectivity index (χ0v) is 11.7. The maximum atomic E-state index is 11.5. The highest BCUT2D eigenvalue weighted by Gasteiger charge is 2.23. The van der Waals surface area contributed by atoms with Crippen molar-refractivity contribution in [2.24, 2.45) is 0 Å². The molecule has 1 fully saturated rings. The number of anilines is 1. The van der Waals surface area contributed by atoms with E-state index in [2.05, 4.69) is 9.97 Å². The highest BCUT2D eigenvalue weighted by molar-refractivity contribution is 7.90. The van der Waals surface area contributed by atoms with Gasteiger partial charge in [-0.15, -0.1) is 0 Å². The molecule has 6 nitrogen and oxygen atoms in total. The largest absolute Gasteiger partial charge is 0.377 e. The molecule has 0 amide bonds. The van der Waals surface area contributed by atoms with Crippen molar-refractivity contribution in [3.63, 3.8) is 0 Å². The second kappa shape index (κ2) is 4.99. The molecule has 100 valence electrons. The fourth-order valence-corrected chi connectivity index (χ4v) is 2.52. The predicted molar refractivity (Wildman–Crippen MR) is 67.8 cm³/mol. The van der Waals surface area contributed by atoms with Crippen molar-refractivity contribution < 1.29 is 13.2 Å². The second-order valence-corrected chi connectivity index (χ2v) is 6.52. The van der Waals surface area contributed by atoms with Gasteiger partial charge in [-0.3, -0.25) is 0 Å². The van der Waals surface area contributed by atoms with Crippen molar-refractivity contribution >= 4 is 27.3 Å². The SMILES string of the molecule is C[C@H]1COCCN1c1cc(Cl)nc(S(C)(=O)=O)n1. The Morgan fingerprint density at radius 2 is 2.22 bits per heavy atom. The lowest BCUT2D eigenvalue weighted by molar-refractivity contribution is 0.0984. The number of morpholine rings is 1. The van der Waals surface area contributed by atoms with E-state index in [0.29, 0.717) is 25.6 Å². The predicted octanol–water partition coefficient (Wildman–Crippen LogP) is 0.759. The summed E-state index contributed by atoms with van der Waals surface area (Å²) in [5, 5.41) is -0.122. The summed E-state index contributed by atoms with van der Waals surface area (Å²) in [5.41, 5.74) is 0. The summed E-state index contributed by atoms with van der Waals surface area (Å²) in [5.74, 6) is 0.520. The number of nitrogens with zero attached hydrogens (tertiary/aromatic N) is 3. The van der Waals surface area contributed by atoms with E-state index in [-0.39, 0.29) is 16.4 Å². The highest BCUT2D eigenvalue weighted by Crippen LogP contribution is 2.21.